The highest BCUT2D eigenvalue weighted by Crippen LogP contribution is 2.35. The van der Waals surface area contributed by atoms with Crippen molar-refractivity contribution in [3.63, 3.8) is 0 Å². The van der Waals surface area contributed by atoms with Gasteiger partial charge in [0, 0.05) is 4.47 Å². The summed E-state index contributed by atoms with van der Waals surface area (Å²) in [7, 11) is 0. The van der Waals surface area contributed by atoms with Crippen LogP contribution in [0.2, 0.25) is 0 Å². The maximum Gasteiger partial charge on any atom is 0.329 e. The molecule has 1 aromatic rings. The van der Waals surface area contributed by atoms with E-state index in [9.17, 15) is 19.5 Å². The molecule has 1 aliphatic heterocycles. The second-order valence-corrected chi connectivity index (χ2v) is 6.92. The summed E-state index contributed by atoms with van der Waals surface area (Å²) in [6.07, 6.45) is 3.35. The zero-order chi connectivity index (χ0) is 17.3. The summed E-state index contributed by atoms with van der Waals surface area (Å²) in [5, 5.41) is 14.9. The van der Waals surface area contributed by atoms with Crippen LogP contribution in [0.4, 0.5) is 5.69 Å². The van der Waals surface area contributed by atoms with E-state index in [1.54, 1.807) is 6.07 Å². The van der Waals surface area contributed by atoms with Gasteiger partial charge in [0.1, 0.15) is 11.3 Å². The van der Waals surface area contributed by atoms with Crippen LogP contribution in [-0.4, -0.2) is 35.0 Å². The van der Waals surface area contributed by atoms with Crippen molar-refractivity contribution in [2.24, 2.45) is 0 Å². The highest BCUT2D eigenvalue weighted by Gasteiger charge is 2.41. The van der Waals surface area contributed by atoms with Crippen molar-refractivity contribution in [3.8, 4) is 5.75 Å². The maximum absolute atomic E-state index is 12.6. The van der Waals surface area contributed by atoms with Crippen molar-refractivity contribution in [2.45, 2.75) is 37.6 Å². The molecule has 0 aromatic heterocycles. The van der Waals surface area contributed by atoms with Crippen molar-refractivity contribution in [2.75, 3.05) is 11.9 Å². The number of carbonyl (C=O) groups excluding carboxylic acids is 2. The molecule has 1 fully saturated rings. The van der Waals surface area contributed by atoms with E-state index in [1.165, 1.54) is 6.07 Å². The zero-order valence-electron chi connectivity index (χ0n) is 12.9. The van der Waals surface area contributed by atoms with Crippen LogP contribution in [0.1, 0.15) is 42.5 Å². The fourth-order valence-corrected chi connectivity index (χ4v) is 3.63. The monoisotopic (exact) mass is 396 g/mol. The molecule has 2 aliphatic rings. The number of anilines is 1. The molecular weight excluding hydrogens is 380 g/mol. The molecule has 8 heteroatoms. The van der Waals surface area contributed by atoms with Crippen molar-refractivity contribution in [1.82, 2.24) is 5.32 Å². The molecule has 0 saturated heterocycles. The summed E-state index contributed by atoms with van der Waals surface area (Å²) >= 11 is 3.30. The first kappa shape index (κ1) is 16.8. The van der Waals surface area contributed by atoms with Crippen LogP contribution < -0.4 is 15.4 Å². The molecular formula is C16H17BrN2O5. The summed E-state index contributed by atoms with van der Waals surface area (Å²) in [4.78, 5) is 35.7. The number of carboxylic acids is 1. The lowest BCUT2D eigenvalue weighted by Crippen LogP contribution is -2.55. The largest absolute Gasteiger partial charge is 0.482 e. The number of amides is 2. The van der Waals surface area contributed by atoms with Crippen LogP contribution in [0, 0.1) is 0 Å². The smallest absolute Gasteiger partial charge is 0.329 e. The van der Waals surface area contributed by atoms with Crippen LogP contribution >= 0.6 is 15.9 Å². The third-order valence-corrected chi connectivity index (χ3v) is 5.07. The number of carboxylic acid groups (broad SMARTS) is 1. The van der Waals surface area contributed by atoms with Gasteiger partial charge in [0.15, 0.2) is 6.61 Å². The number of hydrogen-bond donors (Lipinski definition) is 3. The summed E-state index contributed by atoms with van der Waals surface area (Å²) in [5.41, 5.74) is -0.476. The summed E-state index contributed by atoms with van der Waals surface area (Å²) in [6, 6.07) is 3.09. The quantitative estimate of drug-likeness (QED) is 0.726. The van der Waals surface area contributed by atoms with Gasteiger partial charge >= 0.3 is 5.97 Å². The standard InChI is InChI=1S/C16H17BrN2O5/c17-10-7-11-12(24-8-13(20)18-11)6-9(10)14(21)19-16(15(22)23)4-2-1-3-5-16/h6-7H,1-5,8H2,(H,18,20)(H,19,21)(H,22,23). The number of ether oxygens (including phenoxy) is 1. The SMILES string of the molecule is O=C1COc2cc(C(=O)NC3(C(=O)O)CCCCC3)c(Br)cc2N1. The first-order valence-corrected chi connectivity index (χ1v) is 8.53. The van der Waals surface area contributed by atoms with E-state index in [-0.39, 0.29) is 18.1 Å². The average molecular weight is 397 g/mol. The number of halogens is 1. The van der Waals surface area contributed by atoms with Gasteiger partial charge in [-0.2, -0.15) is 0 Å². The molecule has 7 nitrogen and oxygen atoms in total. The normalized spacial score (nSPS) is 18.8. The van der Waals surface area contributed by atoms with E-state index >= 15 is 0 Å². The summed E-state index contributed by atoms with van der Waals surface area (Å²) in [5.74, 6) is -1.36. The Bertz CT molecular complexity index is 713. The summed E-state index contributed by atoms with van der Waals surface area (Å²) in [6.45, 7) is -0.116. The number of fused-ring (bicyclic) bond motifs is 1. The minimum absolute atomic E-state index is 0.116. The van der Waals surface area contributed by atoms with Crippen LogP contribution in [0.5, 0.6) is 5.75 Å². The topological polar surface area (TPSA) is 105 Å². The van der Waals surface area contributed by atoms with Crippen LogP contribution in [0.3, 0.4) is 0 Å². The first-order valence-electron chi connectivity index (χ1n) is 7.73. The molecule has 3 N–H and O–H groups in total. The number of hydrogen-bond acceptors (Lipinski definition) is 4. The van der Waals surface area contributed by atoms with Crippen LogP contribution in [-0.2, 0) is 9.59 Å². The number of rotatable bonds is 3. The highest BCUT2D eigenvalue weighted by molar-refractivity contribution is 9.10. The van der Waals surface area contributed by atoms with Crippen molar-refractivity contribution in [1.29, 1.82) is 0 Å². The molecule has 0 bridgehead atoms. The number of nitrogens with one attached hydrogen (secondary N) is 2. The third-order valence-electron chi connectivity index (χ3n) is 4.42. The van der Waals surface area contributed by atoms with Gasteiger partial charge < -0.3 is 20.5 Å². The van der Waals surface area contributed by atoms with Gasteiger partial charge in [-0.05, 0) is 40.9 Å². The van der Waals surface area contributed by atoms with Gasteiger partial charge in [0.05, 0.1) is 11.3 Å². The molecule has 128 valence electrons. The molecule has 0 spiro atoms. The van der Waals surface area contributed by atoms with Crippen LogP contribution in [0.15, 0.2) is 16.6 Å². The minimum Gasteiger partial charge on any atom is -0.482 e. The molecule has 0 radical (unpaired) electrons. The van der Waals surface area contributed by atoms with Crippen LogP contribution in [0.25, 0.3) is 0 Å². The van der Waals surface area contributed by atoms with E-state index in [0.29, 0.717) is 28.8 Å². The number of benzene rings is 1. The third kappa shape index (κ3) is 3.10. The van der Waals surface area contributed by atoms with Gasteiger partial charge in [-0.1, -0.05) is 19.3 Å². The van der Waals surface area contributed by atoms with Gasteiger partial charge in [-0.25, -0.2) is 4.79 Å². The Morgan fingerprint density at radius 3 is 2.62 bits per heavy atom. The minimum atomic E-state index is -1.22. The van der Waals surface area contributed by atoms with E-state index in [4.69, 9.17) is 4.74 Å². The average Bonchev–Trinajstić information content (AvgIpc) is 2.54. The Kier molecular flexibility index (Phi) is 4.49. The molecule has 1 heterocycles. The van der Waals surface area contributed by atoms with E-state index < -0.39 is 17.4 Å². The molecule has 3 rings (SSSR count). The van der Waals surface area contributed by atoms with E-state index in [1.807, 2.05) is 0 Å². The molecule has 1 saturated carbocycles. The van der Waals surface area contributed by atoms with Gasteiger partial charge in [-0.3, -0.25) is 9.59 Å². The highest BCUT2D eigenvalue weighted by atomic mass is 79.9. The molecule has 0 atom stereocenters. The van der Waals surface area contributed by atoms with Crippen molar-refractivity contribution >= 4 is 39.4 Å². The molecule has 1 aromatic carbocycles. The first-order chi connectivity index (χ1) is 11.4. The van der Waals surface area contributed by atoms with Crippen molar-refractivity contribution in [3.05, 3.63) is 22.2 Å². The molecule has 2 amide bonds. The summed E-state index contributed by atoms with van der Waals surface area (Å²) < 4.78 is 5.77. The predicted molar refractivity (Wildman–Crippen MR) is 89.2 cm³/mol. The van der Waals surface area contributed by atoms with E-state index in [2.05, 4.69) is 26.6 Å². The lowest BCUT2D eigenvalue weighted by molar-refractivity contribution is -0.146. The fourth-order valence-electron chi connectivity index (χ4n) is 3.11. The van der Waals surface area contributed by atoms with Gasteiger partial charge in [0.2, 0.25) is 0 Å². The second-order valence-electron chi connectivity index (χ2n) is 6.07. The Hall–Kier alpha value is -2.09. The van der Waals surface area contributed by atoms with E-state index in [0.717, 1.165) is 19.3 Å². The molecule has 1 aliphatic carbocycles. The zero-order valence-corrected chi connectivity index (χ0v) is 14.4. The fraction of sp³-hybridized carbons (Fsp3) is 0.438. The molecule has 24 heavy (non-hydrogen) atoms. The van der Waals surface area contributed by atoms with Gasteiger partial charge in [-0.15, -0.1) is 0 Å². The number of aliphatic carboxylic acids is 1. The Labute approximate surface area is 146 Å². The Morgan fingerprint density at radius 2 is 1.96 bits per heavy atom. The predicted octanol–water partition coefficient (Wildman–Crippen LogP) is 2.30. The number of carbonyl (C=O) groups is 3. The second kappa shape index (κ2) is 6.43. The van der Waals surface area contributed by atoms with Crippen molar-refractivity contribution < 1.29 is 24.2 Å². The Balaban J connectivity index is 1.87. The lowest BCUT2D eigenvalue weighted by Gasteiger charge is -2.34. The maximum atomic E-state index is 12.6. The molecule has 0 unspecified atom stereocenters. The Morgan fingerprint density at radius 1 is 1.25 bits per heavy atom. The lowest BCUT2D eigenvalue weighted by atomic mass is 9.81. The van der Waals surface area contributed by atoms with Gasteiger partial charge in [0.25, 0.3) is 11.8 Å².